The van der Waals surface area contributed by atoms with Gasteiger partial charge in [0.1, 0.15) is 5.75 Å². The quantitative estimate of drug-likeness (QED) is 0.410. The minimum atomic E-state index is -0.684. The smallest absolute Gasteiger partial charge is 0.259 e. The van der Waals surface area contributed by atoms with Gasteiger partial charge in [0.2, 0.25) is 12.7 Å². The maximum atomic E-state index is 14.0. The maximum Gasteiger partial charge on any atom is 0.259 e. The van der Waals surface area contributed by atoms with E-state index in [9.17, 15) is 9.59 Å². The molecule has 2 amide bonds. The highest BCUT2D eigenvalue weighted by molar-refractivity contribution is 6.11. The summed E-state index contributed by atoms with van der Waals surface area (Å²) in [7, 11) is 1.61. The maximum absolute atomic E-state index is 14.0. The molecule has 0 radical (unpaired) electrons. The van der Waals surface area contributed by atoms with Crippen molar-refractivity contribution < 1.29 is 23.8 Å². The summed E-state index contributed by atoms with van der Waals surface area (Å²) >= 11 is 0. The van der Waals surface area contributed by atoms with Crippen molar-refractivity contribution in [1.82, 2.24) is 10.3 Å². The molecule has 0 aliphatic carbocycles. The molecule has 2 unspecified atom stereocenters. The number of nitrogens with one attached hydrogen (secondary N) is 1. The van der Waals surface area contributed by atoms with Gasteiger partial charge in [-0.3, -0.25) is 19.5 Å². The summed E-state index contributed by atoms with van der Waals surface area (Å²) in [4.78, 5) is 33.9. The number of methoxy groups -OCH3 is 1. The molecule has 2 atom stereocenters. The Hall–Kier alpha value is -4.85. The van der Waals surface area contributed by atoms with Gasteiger partial charge in [0.05, 0.1) is 19.1 Å². The molecule has 38 heavy (non-hydrogen) atoms. The van der Waals surface area contributed by atoms with E-state index in [2.05, 4.69) is 10.3 Å². The lowest BCUT2D eigenvalue weighted by atomic mass is 9.79. The van der Waals surface area contributed by atoms with Gasteiger partial charge in [-0.1, -0.05) is 36.4 Å². The summed E-state index contributed by atoms with van der Waals surface area (Å²) in [5.74, 6) is 0.838. The second-order valence-electron chi connectivity index (χ2n) is 9.07. The molecule has 3 aromatic carbocycles. The molecular formula is C30H25N3O5. The molecule has 0 fully saturated rings. The van der Waals surface area contributed by atoms with Crippen LogP contribution < -0.4 is 24.4 Å². The van der Waals surface area contributed by atoms with Gasteiger partial charge in [-0.05, 0) is 53.1 Å². The van der Waals surface area contributed by atoms with E-state index in [1.165, 1.54) is 0 Å². The normalized spacial score (nSPS) is 17.6. The number of hydrogen-bond donors (Lipinski definition) is 1. The van der Waals surface area contributed by atoms with Crippen molar-refractivity contribution in [2.75, 3.05) is 18.8 Å². The van der Waals surface area contributed by atoms with E-state index in [0.717, 1.165) is 16.9 Å². The average molecular weight is 508 g/mol. The lowest BCUT2D eigenvalue weighted by Gasteiger charge is -2.41. The number of carbonyl (C=O) groups is 2. The zero-order valence-electron chi connectivity index (χ0n) is 20.7. The Morgan fingerprint density at radius 1 is 1.03 bits per heavy atom. The summed E-state index contributed by atoms with van der Waals surface area (Å²) in [5, 5.41) is 3.09. The minimum absolute atomic E-state index is 0.123. The topological polar surface area (TPSA) is 90.0 Å². The summed E-state index contributed by atoms with van der Waals surface area (Å²) < 4.78 is 16.3. The van der Waals surface area contributed by atoms with E-state index in [0.29, 0.717) is 34.9 Å². The van der Waals surface area contributed by atoms with E-state index < -0.39 is 12.0 Å². The van der Waals surface area contributed by atoms with E-state index in [4.69, 9.17) is 14.2 Å². The molecule has 190 valence electrons. The number of aromatic nitrogens is 1. The van der Waals surface area contributed by atoms with Gasteiger partial charge >= 0.3 is 0 Å². The number of rotatable bonds is 6. The molecule has 1 aromatic heterocycles. The Labute approximate surface area is 219 Å². The first kappa shape index (κ1) is 23.5. The van der Waals surface area contributed by atoms with Crippen LogP contribution in [0, 0.1) is 0 Å². The third-order valence-electron chi connectivity index (χ3n) is 6.91. The van der Waals surface area contributed by atoms with E-state index >= 15 is 0 Å². The van der Waals surface area contributed by atoms with Gasteiger partial charge < -0.3 is 19.5 Å². The number of amides is 2. The number of carbonyl (C=O) groups excluding carboxylic acids is 2. The molecule has 0 saturated heterocycles. The number of anilines is 1. The molecule has 2 aliphatic heterocycles. The molecule has 8 nitrogen and oxygen atoms in total. The Kier molecular flexibility index (Phi) is 6.13. The first-order valence-corrected chi connectivity index (χ1v) is 12.3. The van der Waals surface area contributed by atoms with Gasteiger partial charge in [-0.25, -0.2) is 0 Å². The van der Waals surface area contributed by atoms with E-state index in [-0.39, 0.29) is 18.6 Å². The van der Waals surface area contributed by atoms with Crippen LogP contribution in [0.2, 0.25) is 0 Å². The molecule has 3 heterocycles. The van der Waals surface area contributed by atoms with Crippen LogP contribution in [-0.2, 0) is 11.3 Å². The number of nitrogens with zero attached hydrogens (tertiary/aromatic N) is 2. The number of ether oxygens (including phenoxy) is 3. The number of fused-ring (bicyclic) bond motifs is 2. The Bertz CT molecular complexity index is 1490. The predicted octanol–water partition coefficient (Wildman–Crippen LogP) is 4.62. The number of hydrogen-bond acceptors (Lipinski definition) is 6. The zero-order chi connectivity index (χ0) is 26.1. The van der Waals surface area contributed by atoms with Gasteiger partial charge in [0.25, 0.3) is 5.91 Å². The average Bonchev–Trinajstić information content (AvgIpc) is 3.44. The standard InChI is InChI=1S/C30H25N3O5/c1-36-22-11-8-19(9-12-22)16-32-29(34)27-23-6-2-3-7-24(23)30(35)33(28(27)20-5-4-14-31-17-20)21-10-13-25-26(15-21)38-18-37-25/h2-15,17,27-28H,16,18H2,1H3,(H,32,34). The van der Waals surface area contributed by atoms with Crippen molar-refractivity contribution in [3.05, 3.63) is 114 Å². The fourth-order valence-electron chi connectivity index (χ4n) is 5.07. The predicted molar refractivity (Wildman–Crippen MR) is 140 cm³/mol. The fourth-order valence-corrected chi connectivity index (χ4v) is 5.07. The molecule has 2 aliphatic rings. The molecule has 1 N–H and O–H groups in total. The van der Waals surface area contributed by atoms with Gasteiger partial charge in [0.15, 0.2) is 11.5 Å². The van der Waals surface area contributed by atoms with Crippen molar-refractivity contribution in [3.8, 4) is 17.2 Å². The Balaban J connectivity index is 1.43. The molecule has 0 saturated carbocycles. The molecule has 0 spiro atoms. The number of pyridine rings is 1. The summed E-state index contributed by atoms with van der Waals surface area (Å²) in [6.45, 7) is 0.456. The summed E-state index contributed by atoms with van der Waals surface area (Å²) in [6.07, 6.45) is 3.38. The monoisotopic (exact) mass is 507 g/mol. The van der Waals surface area contributed by atoms with E-state index in [1.807, 2.05) is 60.7 Å². The van der Waals surface area contributed by atoms with Gasteiger partial charge in [0, 0.05) is 36.3 Å². The van der Waals surface area contributed by atoms with Crippen molar-refractivity contribution in [3.63, 3.8) is 0 Å². The van der Waals surface area contributed by atoms with Crippen molar-refractivity contribution >= 4 is 17.5 Å². The molecular weight excluding hydrogens is 482 g/mol. The van der Waals surface area contributed by atoms with Crippen LogP contribution in [0.1, 0.15) is 39.0 Å². The van der Waals surface area contributed by atoms with Crippen LogP contribution in [0.5, 0.6) is 17.2 Å². The highest BCUT2D eigenvalue weighted by Crippen LogP contribution is 2.46. The molecule has 0 bridgehead atoms. The van der Waals surface area contributed by atoms with Crippen LogP contribution in [0.15, 0.2) is 91.3 Å². The fraction of sp³-hybridized carbons (Fsp3) is 0.167. The second-order valence-corrected chi connectivity index (χ2v) is 9.07. The number of benzene rings is 3. The largest absolute Gasteiger partial charge is 0.497 e. The highest BCUT2D eigenvalue weighted by Gasteiger charge is 2.45. The third kappa shape index (κ3) is 4.20. The summed E-state index contributed by atoms with van der Waals surface area (Å²) in [6, 6.07) is 23.3. The second kappa shape index (κ2) is 9.89. The molecule has 6 rings (SSSR count). The first-order chi connectivity index (χ1) is 18.6. The van der Waals surface area contributed by atoms with Crippen LogP contribution in [0.4, 0.5) is 5.69 Å². The SMILES string of the molecule is COc1ccc(CNC(=O)C2c3ccccc3C(=O)N(c3ccc4c(c3)OCO4)C2c2cccnc2)cc1. The van der Waals surface area contributed by atoms with Crippen LogP contribution in [0.3, 0.4) is 0 Å². The zero-order valence-corrected chi connectivity index (χ0v) is 20.7. The highest BCUT2D eigenvalue weighted by atomic mass is 16.7. The van der Waals surface area contributed by atoms with Crippen LogP contribution >= 0.6 is 0 Å². The lowest BCUT2D eigenvalue weighted by molar-refractivity contribution is -0.123. The van der Waals surface area contributed by atoms with Gasteiger partial charge in [-0.2, -0.15) is 0 Å². The van der Waals surface area contributed by atoms with Crippen molar-refractivity contribution in [2.45, 2.75) is 18.5 Å². The lowest BCUT2D eigenvalue weighted by Crippen LogP contribution is -2.47. The Morgan fingerprint density at radius 2 is 1.84 bits per heavy atom. The van der Waals surface area contributed by atoms with Crippen LogP contribution in [-0.4, -0.2) is 30.7 Å². The van der Waals surface area contributed by atoms with Crippen LogP contribution in [0.25, 0.3) is 0 Å². The molecule has 8 heteroatoms. The first-order valence-electron chi connectivity index (χ1n) is 12.3. The van der Waals surface area contributed by atoms with Crippen molar-refractivity contribution in [1.29, 1.82) is 0 Å². The summed E-state index contributed by atoms with van der Waals surface area (Å²) in [5.41, 5.74) is 3.45. The molecule has 4 aromatic rings. The van der Waals surface area contributed by atoms with Gasteiger partial charge in [-0.15, -0.1) is 0 Å². The Morgan fingerprint density at radius 3 is 2.63 bits per heavy atom. The van der Waals surface area contributed by atoms with Crippen molar-refractivity contribution in [2.24, 2.45) is 0 Å². The van der Waals surface area contributed by atoms with E-state index in [1.54, 1.807) is 42.6 Å². The minimum Gasteiger partial charge on any atom is -0.497 e. The third-order valence-corrected chi connectivity index (χ3v) is 6.91.